The molecule has 0 atom stereocenters. The third-order valence-corrected chi connectivity index (χ3v) is 13.2. The number of rotatable bonds is 10. The molecule has 0 saturated carbocycles. The summed E-state index contributed by atoms with van der Waals surface area (Å²) in [5.41, 5.74) is 1.32. The molecule has 4 rings (SSSR count). The second-order valence-electron chi connectivity index (χ2n) is 8.79. The van der Waals surface area contributed by atoms with Crippen LogP contribution in [0.1, 0.15) is 39.5 Å². The quantitative estimate of drug-likeness (QED) is 0.180. The first kappa shape index (κ1) is 27.4. The molecule has 37 heavy (non-hydrogen) atoms. The Labute approximate surface area is 229 Å². The third-order valence-electron chi connectivity index (χ3n) is 6.01. The van der Waals surface area contributed by atoms with Gasteiger partial charge in [-0.2, -0.15) is 0 Å². The predicted molar refractivity (Wildman–Crippen MR) is 159 cm³/mol. The Kier molecular flexibility index (Phi) is 9.47. The van der Waals surface area contributed by atoms with Crippen LogP contribution >= 0.6 is 31.7 Å². The van der Waals surface area contributed by atoms with Gasteiger partial charge in [-0.25, -0.2) is 0 Å². The number of aryl methyl sites for hydroxylation is 1. The van der Waals surface area contributed by atoms with Crippen LogP contribution in [0.15, 0.2) is 35.3 Å². The van der Waals surface area contributed by atoms with Gasteiger partial charge in [-0.3, -0.25) is 4.79 Å². The van der Waals surface area contributed by atoms with Gasteiger partial charge < -0.3 is 5.32 Å². The van der Waals surface area contributed by atoms with E-state index >= 15 is 0 Å². The average molecular weight is 641 g/mol. The van der Waals surface area contributed by atoms with Gasteiger partial charge in [0.1, 0.15) is 0 Å². The number of ether oxygens (including phenoxy) is 1. The molecule has 0 bridgehead atoms. The number of nitrogens with one attached hydrogen (secondary N) is 2. The number of amides is 1. The van der Waals surface area contributed by atoms with Gasteiger partial charge in [0.2, 0.25) is 0 Å². The maximum atomic E-state index is 13.0. The van der Waals surface area contributed by atoms with E-state index < -0.39 is 20.1 Å². The van der Waals surface area contributed by atoms with Crippen molar-refractivity contribution < 1.29 is 9.53 Å². The molecule has 9 nitrogen and oxygen atoms in total. The number of alkyl halides is 2. The first-order valence-corrected chi connectivity index (χ1v) is 17.0. The molecule has 3 aromatic rings. The van der Waals surface area contributed by atoms with E-state index in [1.807, 2.05) is 25.1 Å². The Morgan fingerprint density at radius 2 is 2.05 bits per heavy atom. The van der Waals surface area contributed by atoms with Crippen LogP contribution in [0, 0.1) is 0 Å². The topological polar surface area (TPSA) is 101 Å². The van der Waals surface area contributed by atoms with Gasteiger partial charge in [0, 0.05) is 7.05 Å². The molecule has 1 fully saturated rings. The summed E-state index contributed by atoms with van der Waals surface area (Å²) >= 11 is 5.20. The van der Waals surface area contributed by atoms with Crippen molar-refractivity contribution in [3.8, 4) is 5.75 Å². The van der Waals surface area contributed by atoms with Gasteiger partial charge in [0.05, 0.1) is 0 Å². The van der Waals surface area contributed by atoms with Gasteiger partial charge >= 0.3 is 200 Å². The summed E-state index contributed by atoms with van der Waals surface area (Å²) < 4.78 is 12.3. The zero-order chi connectivity index (χ0) is 26.4. The van der Waals surface area contributed by atoms with Crippen molar-refractivity contribution in [2.75, 3.05) is 37.5 Å². The number of nitrogens with zero attached hydrogens (tertiary/aromatic N) is 4. The van der Waals surface area contributed by atoms with E-state index in [1.54, 1.807) is 16.8 Å². The number of carbonyl (C=O) groups is 1. The summed E-state index contributed by atoms with van der Waals surface area (Å²) in [7, 11) is 1.53. The molecule has 2 aromatic heterocycles. The minimum atomic E-state index is -1.30. The van der Waals surface area contributed by atoms with E-state index in [9.17, 15) is 9.59 Å². The number of carbonyl (C=O) groups excluding carboxylic acids is 1. The van der Waals surface area contributed by atoms with E-state index in [0.717, 1.165) is 35.5 Å². The molecule has 0 aliphatic carbocycles. The van der Waals surface area contributed by atoms with Crippen LogP contribution in [0.3, 0.4) is 0 Å². The number of halogens is 2. The SMILES string of the molecule is CCCn1c(=O)c(OCC(=O)NC)cc2cc(Nc3nc(N4CCCCI4CCC)ncc3Cl)ccc21. The third kappa shape index (κ3) is 6.46. The molecule has 0 unspecified atom stereocenters. The number of pyridine rings is 1. The zero-order valence-electron chi connectivity index (χ0n) is 21.5. The van der Waals surface area contributed by atoms with Crippen molar-refractivity contribution in [1.82, 2.24) is 19.9 Å². The average Bonchev–Trinajstić information content (AvgIpc) is 2.91. The van der Waals surface area contributed by atoms with Crippen LogP contribution in [0.4, 0.5) is 17.5 Å². The fourth-order valence-corrected chi connectivity index (χ4v) is 10.6. The summed E-state index contributed by atoms with van der Waals surface area (Å²) in [6.07, 6.45) is 6.11. The van der Waals surface area contributed by atoms with Crippen molar-refractivity contribution in [3.05, 3.63) is 45.8 Å². The number of fused-ring (bicyclic) bond motifs is 1. The molecular weight excluding hydrogens is 607 g/mol. The Hall–Kier alpha value is -2.60. The van der Waals surface area contributed by atoms with Crippen LogP contribution in [0.25, 0.3) is 10.9 Å². The van der Waals surface area contributed by atoms with Gasteiger partial charge in [-0.1, -0.05) is 6.92 Å². The molecule has 1 aliphatic heterocycles. The maximum absolute atomic E-state index is 13.0. The normalized spacial score (nSPS) is 14.6. The summed E-state index contributed by atoms with van der Waals surface area (Å²) in [5, 5.41) is 7.11. The van der Waals surface area contributed by atoms with Gasteiger partial charge in [-0.15, -0.1) is 0 Å². The van der Waals surface area contributed by atoms with Crippen molar-refractivity contribution >= 4 is 66.0 Å². The first-order valence-electron chi connectivity index (χ1n) is 12.6. The van der Waals surface area contributed by atoms with Crippen LogP contribution < -0.4 is 24.0 Å². The van der Waals surface area contributed by atoms with Crippen LogP contribution in [-0.4, -0.2) is 49.5 Å². The Morgan fingerprint density at radius 1 is 1.22 bits per heavy atom. The van der Waals surface area contributed by atoms with Gasteiger partial charge in [-0.05, 0) is 0 Å². The van der Waals surface area contributed by atoms with Crippen molar-refractivity contribution in [1.29, 1.82) is 0 Å². The Balaban J connectivity index is 1.66. The first-order chi connectivity index (χ1) is 17.9. The number of benzene rings is 1. The number of anilines is 3. The molecular formula is C26H34ClIN6O3. The molecule has 3 heterocycles. The van der Waals surface area contributed by atoms with E-state index in [1.165, 1.54) is 35.2 Å². The van der Waals surface area contributed by atoms with Crippen molar-refractivity contribution in [2.45, 2.75) is 46.1 Å². The van der Waals surface area contributed by atoms with E-state index in [4.69, 9.17) is 21.3 Å². The van der Waals surface area contributed by atoms with E-state index in [2.05, 4.69) is 25.7 Å². The summed E-state index contributed by atoms with van der Waals surface area (Å²) in [6.45, 7) is 5.58. The van der Waals surface area contributed by atoms with Crippen molar-refractivity contribution in [3.63, 3.8) is 0 Å². The Morgan fingerprint density at radius 3 is 2.81 bits per heavy atom. The van der Waals surface area contributed by atoms with E-state index in [-0.39, 0.29) is 23.8 Å². The number of hydrogen-bond donors (Lipinski definition) is 2. The number of aromatic nitrogens is 3. The van der Waals surface area contributed by atoms with Crippen LogP contribution in [0.2, 0.25) is 5.02 Å². The summed E-state index contributed by atoms with van der Waals surface area (Å²) in [5.74, 6) is 1.15. The molecule has 1 amide bonds. The molecule has 2 N–H and O–H groups in total. The Bertz CT molecular complexity index is 1320. The van der Waals surface area contributed by atoms with Crippen LogP contribution in [0.5, 0.6) is 5.75 Å². The number of likely N-dealkylation sites (N-methyl/N-ethyl adjacent to an activating group) is 1. The van der Waals surface area contributed by atoms with Crippen molar-refractivity contribution in [2.24, 2.45) is 0 Å². The van der Waals surface area contributed by atoms with E-state index in [0.29, 0.717) is 17.4 Å². The second kappa shape index (κ2) is 12.8. The predicted octanol–water partition coefficient (Wildman–Crippen LogP) is 5.15. The molecule has 11 heteroatoms. The monoisotopic (exact) mass is 640 g/mol. The second-order valence-corrected chi connectivity index (χ2v) is 15.0. The summed E-state index contributed by atoms with van der Waals surface area (Å²) in [4.78, 5) is 34.1. The standard InChI is InChI=1S/C26H34ClIN6O3/c1-4-10-28-11-6-7-13-34(28)26-30-16-20(27)24(32-26)31-19-8-9-21-18(14-19)15-22(37-17-23(35)29-3)25(36)33(21)12-5-2/h8-9,14-16H,4-7,10-13,17H2,1-3H3,(H,29,35)(H,30,31,32). The summed E-state index contributed by atoms with van der Waals surface area (Å²) in [6, 6.07) is 7.43. The minimum absolute atomic E-state index is 0.140. The van der Waals surface area contributed by atoms with Crippen LogP contribution in [-0.2, 0) is 11.3 Å². The molecule has 1 saturated heterocycles. The fourth-order valence-electron chi connectivity index (χ4n) is 4.25. The number of hydrogen-bond acceptors (Lipinski definition) is 7. The zero-order valence-corrected chi connectivity index (χ0v) is 24.4. The molecule has 1 aromatic carbocycles. The molecule has 1 aliphatic rings. The molecule has 0 radical (unpaired) electrons. The van der Waals surface area contributed by atoms with Gasteiger partial charge in [0.15, 0.2) is 0 Å². The molecule has 200 valence electrons. The molecule has 0 spiro atoms. The fraction of sp³-hybridized carbons (Fsp3) is 0.462. The van der Waals surface area contributed by atoms with Gasteiger partial charge in [0.25, 0.3) is 5.91 Å².